The summed E-state index contributed by atoms with van der Waals surface area (Å²) in [6.07, 6.45) is 0. The number of nitrogens with one attached hydrogen (secondary N) is 1. The van der Waals surface area contributed by atoms with Crippen LogP contribution in [0.15, 0.2) is 65.5 Å². The number of aryl methyl sites for hydroxylation is 1. The third-order valence-electron chi connectivity index (χ3n) is 3.85. The zero-order valence-electron chi connectivity index (χ0n) is 14.6. The summed E-state index contributed by atoms with van der Waals surface area (Å²) in [5.41, 5.74) is 1.66. The van der Waals surface area contributed by atoms with Crippen LogP contribution in [0.3, 0.4) is 0 Å². The van der Waals surface area contributed by atoms with E-state index in [1.54, 1.807) is 25.1 Å². The first-order chi connectivity index (χ1) is 12.6. The predicted molar refractivity (Wildman–Crippen MR) is 100 cm³/mol. The smallest absolute Gasteiger partial charge is 0.254 e. The highest BCUT2D eigenvalue weighted by molar-refractivity contribution is 5.92. The highest BCUT2D eigenvalue weighted by atomic mass is 16.5. The van der Waals surface area contributed by atoms with Crippen molar-refractivity contribution >= 4 is 11.6 Å². The minimum atomic E-state index is -0.334. The van der Waals surface area contributed by atoms with Crippen LogP contribution in [0.1, 0.15) is 5.69 Å². The molecule has 1 heterocycles. The maximum absolute atomic E-state index is 12.5. The summed E-state index contributed by atoms with van der Waals surface area (Å²) in [7, 11) is 1.53. The SMILES string of the molecule is COc1ccccc1NC(=O)Cn1c(-c2ccccc2)nc(C)cc1=O. The molecule has 0 saturated carbocycles. The van der Waals surface area contributed by atoms with Gasteiger partial charge in [0.2, 0.25) is 5.91 Å². The van der Waals surface area contributed by atoms with Crippen molar-refractivity contribution in [3.05, 3.63) is 76.7 Å². The van der Waals surface area contributed by atoms with Crippen LogP contribution in [0.5, 0.6) is 5.75 Å². The molecular weight excluding hydrogens is 330 g/mol. The molecule has 26 heavy (non-hydrogen) atoms. The van der Waals surface area contributed by atoms with Crippen molar-refractivity contribution in [3.8, 4) is 17.1 Å². The lowest BCUT2D eigenvalue weighted by atomic mass is 10.2. The standard InChI is InChI=1S/C20H19N3O3/c1-14-12-19(25)23(20(21-14)15-8-4-3-5-9-15)13-18(24)22-16-10-6-7-11-17(16)26-2/h3-12H,13H2,1-2H3,(H,22,24). The summed E-state index contributed by atoms with van der Waals surface area (Å²) < 4.78 is 6.60. The van der Waals surface area contributed by atoms with Crippen LogP contribution in [-0.2, 0) is 11.3 Å². The van der Waals surface area contributed by atoms with Crippen molar-refractivity contribution in [1.82, 2.24) is 9.55 Å². The molecule has 0 atom stereocenters. The highest BCUT2D eigenvalue weighted by Crippen LogP contribution is 2.23. The van der Waals surface area contributed by atoms with Crippen LogP contribution in [-0.4, -0.2) is 22.6 Å². The van der Waals surface area contributed by atoms with E-state index in [0.29, 0.717) is 23.0 Å². The molecule has 6 heteroatoms. The Hall–Kier alpha value is -3.41. The van der Waals surface area contributed by atoms with E-state index in [0.717, 1.165) is 5.56 Å². The lowest BCUT2D eigenvalue weighted by molar-refractivity contribution is -0.116. The maximum atomic E-state index is 12.5. The Kier molecular flexibility index (Phi) is 5.12. The van der Waals surface area contributed by atoms with Crippen LogP contribution < -0.4 is 15.6 Å². The number of methoxy groups -OCH3 is 1. The average molecular weight is 349 g/mol. The largest absolute Gasteiger partial charge is 0.495 e. The number of benzene rings is 2. The fourth-order valence-corrected chi connectivity index (χ4v) is 2.66. The van der Waals surface area contributed by atoms with Gasteiger partial charge in [0.15, 0.2) is 0 Å². The topological polar surface area (TPSA) is 73.2 Å². The number of anilines is 1. The summed E-state index contributed by atoms with van der Waals surface area (Å²) >= 11 is 0. The number of hydrogen-bond acceptors (Lipinski definition) is 4. The summed E-state index contributed by atoms with van der Waals surface area (Å²) in [6, 6.07) is 17.9. The monoisotopic (exact) mass is 349 g/mol. The van der Waals surface area contributed by atoms with Crippen LogP contribution in [0.25, 0.3) is 11.4 Å². The van der Waals surface area contributed by atoms with E-state index in [1.165, 1.54) is 17.7 Å². The number of nitrogens with zero attached hydrogens (tertiary/aromatic N) is 2. The number of hydrogen-bond donors (Lipinski definition) is 1. The fraction of sp³-hybridized carbons (Fsp3) is 0.150. The molecule has 6 nitrogen and oxygen atoms in total. The number of amides is 1. The average Bonchev–Trinajstić information content (AvgIpc) is 2.65. The van der Waals surface area contributed by atoms with E-state index in [4.69, 9.17) is 4.74 Å². The molecule has 2 aromatic carbocycles. The van der Waals surface area contributed by atoms with E-state index in [1.807, 2.05) is 36.4 Å². The van der Waals surface area contributed by atoms with E-state index in [9.17, 15) is 9.59 Å². The Morgan fingerprint density at radius 2 is 1.81 bits per heavy atom. The molecule has 0 aliphatic heterocycles. The van der Waals surface area contributed by atoms with Crippen molar-refractivity contribution in [2.45, 2.75) is 13.5 Å². The van der Waals surface area contributed by atoms with E-state index in [2.05, 4.69) is 10.3 Å². The van der Waals surface area contributed by atoms with Gasteiger partial charge < -0.3 is 10.1 Å². The van der Waals surface area contributed by atoms with Gasteiger partial charge in [0.05, 0.1) is 12.8 Å². The molecule has 0 saturated heterocycles. The van der Waals surface area contributed by atoms with Gasteiger partial charge >= 0.3 is 0 Å². The second kappa shape index (κ2) is 7.65. The summed E-state index contributed by atoms with van der Waals surface area (Å²) in [6.45, 7) is 1.61. The molecule has 1 N–H and O–H groups in total. The number of ether oxygens (including phenoxy) is 1. The summed E-state index contributed by atoms with van der Waals surface area (Å²) in [5.74, 6) is 0.684. The molecular formula is C20H19N3O3. The Labute approximate surface area is 151 Å². The molecule has 1 aromatic heterocycles. The number of carbonyl (C=O) groups is 1. The molecule has 1 amide bonds. The lowest BCUT2D eigenvalue weighted by Crippen LogP contribution is -2.29. The van der Waals surface area contributed by atoms with Gasteiger partial charge in [0, 0.05) is 17.3 Å². The quantitative estimate of drug-likeness (QED) is 0.769. The van der Waals surface area contributed by atoms with E-state index < -0.39 is 0 Å². The zero-order valence-corrected chi connectivity index (χ0v) is 14.6. The first-order valence-corrected chi connectivity index (χ1v) is 8.15. The van der Waals surface area contributed by atoms with Gasteiger partial charge in [-0.1, -0.05) is 42.5 Å². The van der Waals surface area contributed by atoms with Crippen molar-refractivity contribution in [2.75, 3.05) is 12.4 Å². The second-order valence-corrected chi connectivity index (χ2v) is 5.76. The lowest BCUT2D eigenvalue weighted by Gasteiger charge is -2.14. The van der Waals surface area contributed by atoms with Crippen molar-refractivity contribution < 1.29 is 9.53 Å². The van der Waals surface area contributed by atoms with Crippen LogP contribution >= 0.6 is 0 Å². The zero-order chi connectivity index (χ0) is 18.5. The molecule has 0 unspecified atom stereocenters. The molecule has 0 aliphatic carbocycles. The minimum absolute atomic E-state index is 0.144. The van der Waals surface area contributed by atoms with Gasteiger partial charge in [-0.15, -0.1) is 0 Å². The third-order valence-corrected chi connectivity index (χ3v) is 3.85. The second-order valence-electron chi connectivity index (χ2n) is 5.76. The molecule has 132 valence electrons. The van der Waals surface area contributed by atoms with Crippen molar-refractivity contribution in [2.24, 2.45) is 0 Å². The molecule has 0 spiro atoms. The third kappa shape index (κ3) is 3.80. The van der Waals surface area contributed by atoms with Gasteiger partial charge in [-0.25, -0.2) is 4.98 Å². The fourth-order valence-electron chi connectivity index (χ4n) is 2.66. The van der Waals surface area contributed by atoms with Gasteiger partial charge in [-0.2, -0.15) is 0 Å². The number of rotatable bonds is 5. The van der Waals surface area contributed by atoms with Gasteiger partial charge in [-0.3, -0.25) is 14.2 Å². The predicted octanol–water partition coefficient (Wildman–Crippen LogP) is 2.87. The summed E-state index contributed by atoms with van der Waals surface area (Å²) in [5, 5.41) is 2.78. The van der Waals surface area contributed by atoms with Gasteiger partial charge in [0.25, 0.3) is 5.56 Å². The molecule has 3 aromatic rings. The molecule has 0 bridgehead atoms. The molecule has 0 aliphatic rings. The number of aromatic nitrogens is 2. The van der Waals surface area contributed by atoms with Crippen molar-refractivity contribution in [1.29, 1.82) is 0 Å². The van der Waals surface area contributed by atoms with Gasteiger partial charge in [0.1, 0.15) is 18.1 Å². The normalized spacial score (nSPS) is 10.4. The Balaban J connectivity index is 1.92. The van der Waals surface area contributed by atoms with Crippen molar-refractivity contribution in [3.63, 3.8) is 0 Å². The van der Waals surface area contributed by atoms with Gasteiger partial charge in [-0.05, 0) is 19.1 Å². The van der Waals surface area contributed by atoms with E-state index >= 15 is 0 Å². The Morgan fingerprint density at radius 1 is 1.12 bits per heavy atom. The Bertz CT molecular complexity index is 981. The number of carbonyl (C=O) groups excluding carboxylic acids is 1. The molecule has 0 radical (unpaired) electrons. The Morgan fingerprint density at radius 3 is 2.54 bits per heavy atom. The van der Waals surface area contributed by atoms with E-state index in [-0.39, 0.29) is 18.0 Å². The summed E-state index contributed by atoms with van der Waals surface area (Å²) in [4.78, 5) is 29.4. The maximum Gasteiger partial charge on any atom is 0.254 e. The van der Waals surface area contributed by atoms with Crippen LogP contribution in [0.2, 0.25) is 0 Å². The van der Waals surface area contributed by atoms with Crippen LogP contribution in [0, 0.1) is 6.92 Å². The first-order valence-electron chi connectivity index (χ1n) is 8.15. The molecule has 3 rings (SSSR count). The number of para-hydroxylation sites is 2. The van der Waals surface area contributed by atoms with Crippen LogP contribution in [0.4, 0.5) is 5.69 Å². The molecule has 0 fully saturated rings. The minimum Gasteiger partial charge on any atom is -0.495 e. The first kappa shape index (κ1) is 17.4. The highest BCUT2D eigenvalue weighted by Gasteiger charge is 2.14.